The molecule has 80 valence electrons. The largest absolute Gasteiger partial charge is 0.369 e. The van der Waals surface area contributed by atoms with Crippen molar-refractivity contribution in [3.63, 3.8) is 0 Å². The third-order valence-electron chi connectivity index (χ3n) is 2.53. The van der Waals surface area contributed by atoms with Gasteiger partial charge in [0.1, 0.15) is 0 Å². The Morgan fingerprint density at radius 1 is 1.50 bits per heavy atom. The van der Waals surface area contributed by atoms with Gasteiger partial charge in [-0.25, -0.2) is 5.43 Å². The number of fused-ring (bicyclic) bond motifs is 1. The van der Waals surface area contributed by atoms with Gasteiger partial charge in [-0.1, -0.05) is 12.1 Å². The van der Waals surface area contributed by atoms with Gasteiger partial charge in [0.15, 0.2) is 0 Å². The molecule has 1 aromatic rings. The van der Waals surface area contributed by atoms with Gasteiger partial charge in [-0.05, 0) is 24.5 Å². The van der Waals surface area contributed by atoms with Crippen LogP contribution in [-0.2, 0) is 6.42 Å². The molecule has 0 saturated heterocycles. The Hall–Kier alpha value is -2.35. The number of benzene rings is 1. The molecule has 1 aromatic carbocycles. The maximum absolute atomic E-state index is 8.95. The highest BCUT2D eigenvalue weighted by molar-refractivity contribution is 6.05. The minimum Gasteiger partial charge on any atom is -0.369 e. The van der Waals surface area contributed by atoms with Gasteiger partial charge in [-0.15, -0.1) is 0 Å². The van der Waals surface area contributed by atoms with Crippen LogP contribution in [0.2, 0.25) is 0 Å². The molecule has 0 aromatic heterocycles. The lowest BCUT2D eigenvalue weighted by atomic mass is 10.0. The summed E-state index contributed by atoms with van der Waals surface area (Å²) in [6, 6.07) is 7.75. The highest BCUT2D eigenvalue weighted by atomic mass is 15.3. The molecule has 0 spiro atoms. The summed E-state index contributed by atoms with van der Waals surface area (Å²) in [6.07, 6.45) is 1.59. The molecule has 4 N–H and O–H groups in total. The number of nitrogens with two attached hydrogens (primary N) is 1. The molecule has 0 aliphatic heterocycles. The molecule has 0 bridgehead atoms. The number of nitrogens with one attached hydrogen (secondary N) is 2. The van der Waals surface area contributed by atoms with Crippen LogP contribution in [0.25, 0.3) is 0 Å². The molecule has 0 unspecified atom stereocenters. The Morgan fingerprint density at radius 2 is 2.31 bits per heavy atom. The van der Waals surface area contributed by atoms with E-state index in [9.17, 15) is 0 Å². The summed E-state index contributed by atoms with van der Waals surface area (Å²) >= 11 is 0. The van der Waals surface area contributed by atoms with Crippen LogP contribution in [0.3, 0.4) is 0 Å². The van der Waals surface area contributed by atoms with E-state index in [4.69, 9.17) is 16.4 Å². The van der Waals surface area contributed by atoms with Gasteiger partial charge in [0.05, 0.1) is 17.3 Å². The van der Waals surface area contributed by atoms with Crippen LogP contribution in [0.15, 0.2) is 23.3 Å². The molecule has 0 amide bonds. The average Bonchev–Trinajstić information content (AvgIpc) is 2.69. The van der Waals surface area contributed by atoms with Gasteiger partial charge in [-0.2, -0.15) is 10.4 Å². The number of hydrogen-bond acceptors (Lipinski definition) is 3. The van der Waals surface area contributed by atoms with Gasteiger partial charge in [0.25, 0.3) is 0 Å². The normalized spacial score (nSPS) is 15.6. The van der Waals surface area contributed by atoms with Crippen molar-refractivity contribution in [2.24, 2.45) is 10.8 Å². The van der Waals surface area contributed by atoms with Crippen LogP contribution >= 0.6 is 0 Å². The van der Waals surface area contributed by atoms with Crippen LogP contribution in [0.5, 0.6) is 0 Å². The minimum absolute atomic E-state index is 0.183. The lowest BCUT2D eigenvalue weighted by Gasteiger charge is -2.02. The predicted octanol–water partition coefficient (Wildman–Crippen LogP) is 0.692. The topological polar surface area (TPSA) is 98.0 Å². The number of nitriles is 1. The molecule has 0 fully saturated rings. The second-order valence-corrected chi connectivity index (χ2v) is 3.53. The van der Waals surface area contributed by atoms with Gasteiger partial charge in [0, 0.05) is 5.56 Å². The van der Waals surface area contributed by atoms with Crippen LogP contribution < -0.4 is 11.2 Å². The summed E-state index contributed by atoms with van der Waals surface area (Å²) in [5.74, 6) is -0.183. The van der Waals surface area contributed by atoms with Crippen molar-refractivity contribution in [2.45, 2.75) is 12.8 Å². The van der Waals surface area contributed by atoms with Crippen LogP contribution in [-0.4, -0.2) is 11.7 Å². The van der Waals surface area contributed by atoms with E-state index in [1.807, 2.05) is 12.1 Å². The highest BCUT2D eigenvalue weighted by Gasteiger charge is 2.20. The van der Waals surface area contributed by atoms with E-state index in [2.05, 4.69) is 16.6 Å². The Balaban J connectivity index is 2.38. The maximum atomic E-state index is 8.95. The molecule has 0 heterocycles. The summed E-state index contributed by atoms with van der Waals surface area (Å²) in [5, 5.41) is 20.0. The van der Waals surface area contributed by atoms with Crippen molar-refractivity contribution in [2.75, 3.05) is 0 Å². The van der Waals surface area contributed by atoms with Crippen molar-refractivity contribution < 1.29 is 0 Å². The molecule has 1 aliphatic rings. The first-order valence-corrected chi connectivity index (χ1v) is 4.91. The second-order valence-electron chi connectivity index (χ2n) is 3.53. The fourth-order valence-electron chi connectivity index (χ4n) is 1.85. The zero-order valence-corrected chi connectivity index (χ0v) is 8.62. The minimum atomic E-state index is -0.183. The van der Waals surface area contributed by atoms with E-state index < -0.39 is 0 Å². The molecule has 0 saturated carbocycles. The van der Waals surface area contributed by atoms with Gasteiger partial charge >= 0.3 is 0 Å². The summed E-state index contributed by atoms with van der Waals surface area (Å²) in [4.78, 5) is 0. The van der Waals surface area contributed by atoms with Gasteiger partial charge in [-0.3, -0.25) is 5.41 Å². The van der Waals surface area contributed by atoms with E-state index in [1.54, 1.807) is 6.07 Å². The quantitative estimate of drug-likeness (QED) is 0.363. The molecule has 0 atom stereocenters. The highest BCUT2D eigenvalue weighted by Crippen LogP contribution is 2.25. The fraction of sp³-hybridized carbons (Fsp3) is 0.182. The van der Waals surface area contributed by atoms with Gasteiger partial charge < -0.3 is 5.73 Å². The standard InChI is InChI=1S/C11H11N5/c12-6-7-2-1-3-9-8(7)4-5-10(9)15-16-11(13)14/h1-3H,4-5H2,(H4,13,14,16). The molecule has 5 heteroatoms. The van der Waals surface area contributed by atoms with E-state index in [1.165, 1.54) is 0 Å². The third kappa shape index (κ3) is 1.73. The van der Waals surface area contributed by atoms with E-state index >= 15 is 0 Å². The first kappa shape index (κ1) is 10.2. The summed E-state index contributed by atoms with van der Waals surface area (Å²) < 4.78 is 0. The molecular weight excluding hydrogens is 202 g/mol. The average molecular weight is 213 g/mol. The first-order chi connectivity index (χ1) is 7.72. The fourth-order valence-corrected chi connectivity index (χ4v) is 1.85. The van der Waals surface area contributed by atoms with Crippen molar-refractivity contribution in [3.8, 4) is 6.07 Å². The monoisotopic (exact) mass is 213 g/mol. The lowest BCUT2D eigenvalue weighted by Crippen LogP contribution is -2.26. The van der Waals surface area contributed by atoms with E-state index in [0.717, 1.165) is 29.7 Å². The predicted molar refractivity (Wildman–Crippen MR) is 61.1 cm³/mol. The Kier molecular flexibility index (Phi) is 2.56. The second kappa shape index (κ2) is 4.03. The number of hydrogen-bond donors (Lipinski definition) is 3. The van der Waals surface area contributed by atoms with Crippen molar-refractivity contribution in [3.05, 3.63) is 34.9 Å². The number of nitrogens with zero attached hydrogens (tertiary/aromatic N) is 2. The van der Waals surface area contributed by atoms with Crippen molar-refractivity contribution in [1.29, 1.82) is 10.7 Å². The van der Waals surface area contributed by atoms with E-state index in [0.29, 0.717) is 5.56 Å². The maximum Gasteiger partial charge on any atom is 0.206 e. The Morgan fingerprint density at radius 3 is 3.00 bits per heavy atom. The van der Waals surface area contributed by atoms with Crippen molar-refractivity contribution in [1.82, 2.24) is 5.43 Å². The summed E-state index contributed by atoms with van der Waals surface area (Å²) in [7, 11) is 0. The van der Waals surface area contributed by atoms with Crippen LogP contribution in [0, 0.1) is 16.7 Å². The summed E-state index contributed by atoms with van der Waals surface area (Å²) in [6.45, 7) is 0. The Labute approximate surface area is 93.1 Å². The zero-order chi connectivity index (χ0) is 11.5. The molecule has 5 nitrogen and oxygen atoms in total. The third-order valence-corrected chi connectivity index (χ3v) is 2.53. The smallest absolute Gasteiger partial charge is 0.206 e. The Bertz CT molecular complexity index is 510. The molecule has 16 heavy (non-hydrogen) atoms. The molecular formula is C11H11N5. The number of rotatable bonds is 1. The molecule has 2 rings (SSSR count). The van der Waals surface area contributed by atoms with Crippen LogP contribution in [0.1, 0.15) is 23.1 Å². The van der Waals surface area contributed by atoms with E-state index in [-0.39, 0.29) is 5.96 Å². The first-order valence-electron chi connectivity index (χ1n) is 4.91. The number of guanidine groups is 1. The molecule has 0 radical (unpaired) electrons. The summed E-state index contributed by atoms with van der Waals surface area (Å²) in [5.41, 5.74) is 11.2. The zero-order valence-electron chi connectivity index (χ0n) is 8.62. The number of hydrazone groups is 1. The van der Waals surface area contributed by atoms with Gasteiger partial charge in [0.2, 0.25) is 5.96 Å². The molecule has 1 aliphatic carbocycles. The SMILES string of the molecule is N#Cc1cccc2c1CCC2=NNC(=N)N. The van der Waals surface area contributed by atoms with Crippen molar-refractivity contribution >= 4 is 11.7 Å². The van der Waals surface area contributed by atoms with Crippen LogP contribution in [0.4, 0.5) is 0 Å². The lowest BCUT2D eigenvalue weighted by molar-refractivity contribution is 0.976.